The number of carbonyl (C=O) groups is 4. The topological polar surface area (TPSA) is 86.8 Å². The summed E-state index contributed by atoms with van der Waals surface area (Å²) in [7, 11) is 0. The number of nitrogens with one attached hydrogen (secondary N) is 1. The molecule has 0 aliphatic carbocycles. The number of imide groups is 1. The number of rotatable bonds is 10. The molecular formula is C25H28FN3O4. The van der Waals surface area contributed by atoms with Crippen LogP contribution in [0.4, 0.5) is 4.39 Å². The zero-order valence-electron chi connectivity index (χ0n) is 18.8. The minimum atomic E-state index is -0.803. The van der Waals surface area contributed by atoms with Gasteiger partial charge in [-0.1, -0.05) is 37.3 Å². The van der Waals surface area contributed by atoms with E-state index in [1.165, 1.54) is 11.0 Å². The Morgan fingerprint density at radius 3 is 2.24 bits per heavy atom. The van der Waals surface area contributed by atoms with E-state index < -0.39 is 11.9 Å². The van der Waals surface area contributed by atoms with Crippen molar-refractivity contribution in [1.29, 1.82) is 0 Å². The van der Waals surface area contributed by atoms with Gasteiger partial charge >= 0.3 is 0 Å². The van der Waals surface area contributed by atoms with Crippen LogP contribution < -0.4 is 5.32 Å². The quantitative estimate of drug-likeness (QED) is 0.560. The Morgan fingerprint density at radius 2 is 1.64 bits per heavy atom. The van der Waals surface area contributed by atoms with Crippen LogP contribution >= 0.6 is 0 Å². The average Bonchev–Trinajstić information content (AvgIpc) is 3.06. The zero-order chi connectivity index (χ0) is 24.0. The molecule has 0 spiro atoms. The molecule has 0 unspecified atom stereocenters. The second-order valence-electron chi connectivity index (χ2n) is 7.99. The van der Waals surface area contributed by atoms with Crippen LogP contribution in [-0.2, 0) is 16.1 Å². The fourth-order valence-corrected chi connectivity index (χ4v) is 3.76. The minimum absolute atomic E-state index is 0.00720. The molecule has 1 heterocycles. The summed E-state index contributed by atoms with van der Waals surface area (Å²) in [5.74, 6) is -1.88. The van der Waals surface area contributed by atoms with Gasteiger partial charge < -0.3 is 10.2 Å². The summed E-state index contributed by atoms with van der Waals surface area (Å²) < 4.78 is 14.2. The van der Waals surface area contributed by atoms with Gasteiger partial charge in [-0.25, -0.2) is 4.39 Å². The number of carbonyl (C=O) groups excluding carboxylic acids is 4. The van der Waals surface area contributed by atoms with Crippen molar-refractivity contribution in [3.8, 4) is 0 Å². The highest BCUT2D eigenvalue weighted by molar-refractivity contribution is 6.21. The molecule has 8 heteroatoms. The second kappa shape index (κ2) is 10.8. The molecule has 1 aliphatic heterocycles. The van der Waals surface area contributed by atoms with Crippen molar-refractivity contribution in [3.05, 3.63) is 71.0 Å². The SMILES string of the molecule is CCCNC(=O)[C@H](C)N(Cc1ccccc1F)C(=O)CCCN1C(=O)c2ccccc2C1=O. The van der Waals surface area contributed by atoms with Gasteiger partial charge in [0, 0.05) is 31.6 Å². The molecule has 0 radical (unpaired) electrons. The molecule has 33 heavy (non-hydrogen) atoms. The van der Waals surface area contributed by atoms with Crippen LogP contribution in [-0.4, -0.2) is 52.6 Å². The Labute approximate surface area is 192 Å². The minimum Gasteiger partial charge on any atom is -0.354 e. The summed E-state index contributed by atoms with van der Waals surface area (Å²) in [5.41, 5.74) is 1.02. The van der Waals surface area contributed by atoms with E-state index in [0.29, 0.717) is 23.2 Å². The maximum Gasteiger partial charge on any atom is 0.261 e. The second-order valence-corrected chi connectivity index (χ2v) is 7.99. The molecule has 3 rings (SSSR count). The summed E-state index contributed by atoms with van der Waals surface area (Å²) in [6.07, 6.45) is 0.995. The number of nitrogens with zero attached hydrogens (tertiary/aromatic N) is 2. The molecule has 7 nitrogen and oxygen atoms in total. The Balaban J connectivity index is 1.67. The van der Waals surface area contributed by atoms with E-state index in [1.807, 2.05) is 6.92 Å². The molecule has 1 N–H and O–H groups in total. The maximum absolute atomic E-state index is 14.2. The van der Waals surface area contributed by atoms with Crippen molar-refractivity contribution in [2.45, 2.75) is 45.7 Å². The molecule has 2 aromatic carbocycles. The predicted octanol–water partition coefficient (Wildman–Crippen LogP) is 3.15. The van der Waals surface area contributed by atoms with E-state index in [0.717, 1.165) is 11.3 Å². The average molecular weight is 454 g/mol. The molecule has 1 atom stereocenters. The molecule has 0 fully saturated rings. The van der Waals surface area contributed by atoms with Crippen LogP contribution in [0, 0.1) is 5.82 Å². The van der Waals surface area contributed by atoms with Crippen LogP contribution in [0.5, 0.6) is 0 Å². The molecule has 174 valence electrons. The molecule has 0 saturated carbocycles. The lowest BCUT2D eigenvalue weighted by atomic mass is 10.1. The third kappa shape index (κ3) is 5.45. The van der Waals surface area contributed by atoms with Crippen molar-refractivity contribution in [2.24, 2.45) is 0 Å². The molecule has 0 bridgehead atoms. The first kappa shape index (κ1) is 24.1. The Hall–Kier alpha value is -3.55. The van der Waals surface area contributed by atoms with Crippen LogP contribution in [0.2, 0.25) is 0 Å². The van der Waals surface area contributed by atoms with Gasteiger partial charge in [0.15, 0.2) is 0 Å². The lowest BCUT2D eigenvalue weighted by Gasteiger charge is -2.29. The molecule has 4 amide bonds. The fraction of sp³-hybridized carbons (Fsp3) is 0.360. The number of benzene rings is 2. The summed E-state index contributed by atoms with van der Waals surface area (Å²) in [5, 5.41) is 2.77. The maximum atomic E-state index is 14.2. The first-order valence-corrected chi connectivity index (χ1v) is 11.1. The van der Waals surface area contributed by atoms with Crippen molar-refractivity contribution in [3.63, 3.8) is 0 Å². The first-order chi connectivity index (χ1) is 15.8. The van der Waals surface area contributed by atoms with E-state index >= 15 is 0 Å². The Morgan fingerprint density at radius 1 is 1.03 bits per heavy atom. The summed E-state index contributed by atoms with van der Waals surface area (Å²) in [4.78, 5) is 53.1. The molecule has 0 saturated heterocycles. The predicted molar refractivity (Wildman–Crippen MR) is 121 cm³/mol. The molecular weight excluding hydrogens is 425 g/mol. The van der Waals surface area contributed by atoms with Gasteiger partial charge in [-0.05, 0) is 38.0 Å². The van der Waals surface area contributed by atoms with E-state index in [1.54, 1.807) is 49.4 Å². The molecule has 2 aromatic rings. The summed E-state index contributed by atoms with van der Waals surface area (Å²) in [6, 6.07) is 11.9. The van der Waals surface area contributed by atoms with Gasteiger partial charge in [0.1, 0.15) is 11.9 Å². The summed E-state index contributed by atoms with van der Waals surface area (Å²) >= 11 is 0. The van der Waals surface area contributed by atoms with E-state index in [4.69, 9.17) is 0 Å². The highest BCUT2D eigenvalue weighted by Gasteiger charge is 2.35. The molecule has 0 aromatic heterocycles. The number of halogens is 1. The largest absolute Gasteiger partial charge is 0.354 e. The van der Waals surface area contributed by atoms with Gasteiger partial charge in [0.05, 0.1) is 11.1 Å². The van der Waals surface area contributed by atoms with Crippen LogP contribution in [0.1, 0.15) is 59.4 Å². The number of amides is 4. The lowest BCUT2D eigenvalue weighted by molar-refractivity contribution is -0.140. The van der Waals surface area contributed by atoms with E-state index in [2.05, 4.69) is 5.32 Å². The zero-order valence-corrected chi connectivity index (χ0v) is 18.8. The first-order valence-electron chi connectivity index (χ1n) is 11.1. The monoisotopic (exact) mass is 453 g/mol. The van der Waals surface area contributed by atoms with Gasteiger partial charge in [0.25, 0.3) is 11.8 Å². The fourth-order valence-electron chi connectivity index (χ4n) is 3.76. The Bertz CT molecular complexity index is 1020. The smallest absolute Gasteiger partial charge is 0.261 e. The third-order valence-corrected chi connectivity index (χ3v) is 5.67. The van der Waals surface area contributed by atoms with Crippen LogP contribution in [0.25, 0.3) is 0 Å². The van der Waals surface area contributed by atoms with Gasteiger partial charge in [0.2, 0.25) is 11.8 Å². The number of hydrogen-bond acceptors (Lipinski definition) is 4. The summed E-state index contributed by atoms with van der Waals surface area (Å²) in [6.45, 7) is 4.03. The normalized spacial score (nSPS) is 13.6. The number of hydrogen-bond donors (Lipinski definition) is 1. The van der Waals surface area contributed by atoms with Crippen LogP contribution in [0.3, 0.4) is 0 Å². The Kier molecular flexibility index (Phi) is 7.92. The van der Waals surface area contributed by atoms with Crippen LogP contribution in [0.15, 0.2) is 48.5 Å². The van der Waals surface area contributed by atoms with Crippen molar-refractivity contribution < 1.29 is 23.6 Å². The van der Waals surface area contributed by atoms with Gasteiger partial charge in [-0.3, -0.25) is 24.1 Å². The lowest BCUT2D eigenvalue weighted by Crippen LogP contribution is -2.48. The highest BCUT2D eigenvalue weighted by atomic mass is 19.1. The molecule has 1 aliphatic rings. The number of fused-ring (bicyclic) bond motifs is 1. The van der Waals surface area contributed by atoms with Gasteiger partial charge in [-0.15, -0.1) is 0 Å². The third-order valence-electron chi connectivity index (χ3n) is 5.67. The van der Waals surface area contributed by atoms with Gasteiger partial charge in [-0.2, -0.15) is 0 Å². The van der Waals surface area contributed by atoms with E-state index in [-0.39, 0.29) is 49.6 Å². The van der Waals surface area contributed by atoms with Crippen molar-refractivity contribution >= 4 is 23.6 Å². The van der Waals surface area contributed by atoms with Crippen molar-refractivity contribution in [2.75, 3.05) is 13.1 Å². The standard InChI is InChI=1S/C25H28FN3O4/c1-3-14-27-23(31)17(2)29(16-18-9-4-7-12-21(18)26)22(30)13-8-15-28-24(32)19-10-5-6-11-20(19)25(28)33/h4-7,9-12,17H,3,8,13-16H2,1-2H3,(H,27,31)/t17-/m0/s1. The van der Waals surface area contributed by atoms with E-state index in [9.17, 15) is 23.6 Å². The van der Waals surface area contributed by atoms with Crippen molar-refractivity contribution in [1.82, 2.24) is 15.1 Å². The highest BCUT2D eigenvalue weighted by Crippen LogP contribution is 2.23.